The molecule has 0 saturated carbocycles. The molecule has 0 bridgehead atoms. The van der Waals surface area contributed by atoms with Crippen LogP contribution in [0.15, 0.2) is 66.7 Å². The Balaban J connectivity index is 1.76. The van der Waals surface area contributed by atoms with Gasteiger partial charge in [-0.2, -0.15) is 0 Å². The highest BCUT2D eigenvalue weighted by atomic mass is 16.5. The summed E-state index contributed by atoms with van der Waals surface area (Å²) in [5.41, 5.74) is 5.21. The van der Waals surface area contributed by atoms with E-state index >= 15 is 0 Å². The van der Waals surface area contributed by atoms with Crippen molar-refractivity contribution in [1.29, 1.82) is 0 Å². The molecule has 0 spiro atoms. The van der Waals surface area contributed by atoms with Gasteiger partial charge in [0, 0.05) is 29.6 Å². The Morgan fingerprint density at radius 1 is 0.917 bits per heavy atom. The third kappa shape index (κ3) is 4.05. The van der Waals surface area contributed by atoms with E-state index in [9.17, 15) is 4.79 Å². The Bertz CT molecular complexity index is 1360. The van der Waals surface area contributed by atoms with Crippen LogP contribution in [0.1, 0.15) is 28.4 Å². The van der Waals surface area contributed by atoms with Gasteiger partial charge >= 0.3 is 5.97 Å². The summed E-state index contributed by atoms with van der Waals surface area (Å²) in [6, 6.07) is 21.5. The van der Waals surface area contributed by atoms with Crippen molar-refractivity contribution in [1.82, 2.24) is 9.88 Å². The third-order valence-electron chi connectivity index (χ3n) is 6.93. The van der Waals surface area contributed by atoms with Gasteiger partial charge < -0.3 is 23.9 Å². The molecular weight excluding hydrogens is 456 g/mol. The first-order chi connectivity index (χ1) is 17.6. The van der Waals surface area contributed by atoms with Crippen molar-refractivity contribution in [2.45, 2.75) is 25.0 Å². The van der Waals surface area contributed by atoms with E-state index in [0.717, 1.165) is 33.3 Å². The first-order valence-corrected chi connectivity index (χ1v) is 11.9. The van der Waals surface area contributed by atoms with Gasteiger partial charge in [0.15, 0.2) is 11.5 Å². The second kappa shape index (κ2) is 9.95. The molecule has 1 aliphatic heterocycles. The Labute approximate surface area is 210 Å². The minimum absolute atomic E-state index is 0.265. The van der Waals surface area contributed by atoms with Gasteiger partial charge in [0.05, 0.1) is 34.5 Å². The fraction of sp³-hybridized carbons (Fsp3) is 0.276. The van der Waals surface area contributed by atoms with Crippen LogP contribution < -0.4 is 14.2 Å². The average Bonchev–Trinajstić information content (AvgIpc) is 3.30. The van der Waals surface area contributed by atoms with Crippen LogP contribution in [-0.2, 0) is 22.5 Å². The lowest BCUT2D eigenvalue weighted by molar-refractivity contribution is -0.148. The number of carbonyl (C=O) groups is 1. The molecule has 7 heteroatoms. The smallest absolute Gasteiger partial charge is 0.323 e. The first kappa shape index (κ1) is 23.8. The molecule has 0 radical (unpaired) electrons. The summed E-state index contributed by atoms with van der Waals surface area (Å²) in [6.07, 6.45) is 0.541. The Morgan fingerprint density at radius 3 is 2.22 bits per heavy atom. The number of benzene rings is 3. The van der Waals surface area contributed by atoms with Crippen molar-refractivity contribution < 1.29 is 23.7 Å². The van der Waals surface area contributed by atoms with Crippen molar-refractivity contribution in [3.63, 3.8) is 0 Å². The maximum atomic E-state index is 13.2. The minimum atomic E-state index is -0.481. The highest BCUT2D eigenvalue weighted by Crippen LogP contribution is 2.46. The Kier molecular flexibility index (Phi) is 6.57. The number of hydrogen-bond donors (Lipinski definition) is 1. The number of aromatic nitrogens is 1. The molecule has 0 unspecified atom stereocenters. The van der Waals surface area contributed by atoms with E-state index in [4.69, 9.17) is 18.9 Å². The number of carbonyl (C=O) groups excluding carboxylic acids is 1. The summed E-state index contributed by atoms with van der Waals surface area (Å²) in [4.78, 5) is 19.1. The molecule has 3 aromatic carbocycles. The topological polar surface area (TPSA) is 73.0 Å². The molecule has 0 saturated heterocycles. The number of esters is 1. The molecule has 0 amide bonds. The van der Waals surface area contributed by atoms with Gasteiger partial charge in [-0.1, -0.05) is 48.5 Å². The molecule has 2 heterocycles. The summed E-state index contributed by atoms with van der Waals surface area (Å²) < 4.78 is 22.2. The van der Waals surface area contributed by atoms with Crippen LogP contribution >= 0.6 is 0 Å². The fourth-order valence-electron chi connectivity index (χ4n) is 5.30. The number of methoxy groups -OCH3 is 4. The summed E-state index contributed by atoms with van der Waals surface area (Å²) >= 11 is 0. The monoisotopic (exact) mass is 486 g/mol. The van der Waals surface area contributed by atoms with Gasteiger partial charge in [-0.25, -0.2) is 0 Å². The van der Waals surface area contributed by atoms with E-state index in [1.165, 1.54) is 7.11 Å². The lowest BCUT2D eigenvalue weighted by Gasteiger charge is -2.41. The molecule has 0 aliphatic carbocycles. The van der Waals surface area contributed by atoms with E-state index in [-0.39, 0.29) is 12.0 Å². The zero-order valence-corrected chi connectivity index (χ0v) is 20.9. The summed E-state index contributed by atoms with van der Waals surface area (Å²) in [5.74, 6) is 1.38. The number of fused-ring (bicyclic) bond motifs is 3. The summed E-state index contributed by atoms with van der Waals surface area (Å²) in [7, 11) is 6.25. The van der Waals surface area contributed by atoms with Gasteiger partial charge in [0.2, 0.25) is 5.75 Å². The van der Waals surface area contributed by atoms with E-state index in [1.54, 1.807) is 21.3 Å². The zero-order valence-electron chi connectivity index (χ0n) is 20.9. The van der Waals surface area contributed by atoms with Crippen LogP contribution in [0.4, 0.5) is 0 Å². The minimum Gasteiger partial charge on any atom is -0.493 e. The number of aromatic amines is 1. The molecule has 5 rings (SSSR count). The average molecular weight is 487 g/mol. The van der Waals surface area contributed by atoms with Crippen LogP contribution in [0, 0.1) is 0 Å². The predicted octanol–water partition coefficient (Wildman–Crippen LogP) is 4.88. The van der Waals surface area contributed by atoms with Crippen LogP contribution in [0.3, 0.4) is 0 Å². The highest BCUT2D eigenvalue weighted by Gasteiger charge is 2.42. The molecule has 1 aromatic heterocycles. The molecule has 36 heavy (non-hydrogen) atoms. The summed E-state index contributed by atoms with van der Waals surface area (Å²) in [6.45, 7) is 0.552. The van der Waals surface area contributed by atoms with Crippen molar-refractivity contribution in [3.8, 4) is 17.2 Å². The van der Waals surface area contributed by atoms with Crippen molar-refractivity contribution >= 4 is 16.9 Å². The van der Waals surface area contributed by atoms with Gasteiger partial charge in [0.25, 0.3) is 0 Å². The number of para-hydroxylation sites is 1. The maximum Gasteiger partial charge on any atom is 0.323 e. The van der Waals surface area contributed by atoms with Crippen LogP contribution in [0.2, 0.25) is 0 Å². The fourth-order valence-corrected chi connectivity index (χ4v) is 5.30. The first-order valence-electron chi connectivity index (χ1n) is 11.9. The van der Waals surface area contributed by atoms with Gasteiger partial charge in [-0.05, 0) is 34.9 Å². The molecule has 4 aromatic rings. The number of ether oxygens (including phenoxy) is 4. The number of nitrogens with one attached hydrogen (secondary N) is 1. The summed E-state index contributed by atoms with van der Waals surface area (Å²) in [5, 5.41) is 1.11. The van der Waals surface area contributed by atoms with E-state index in [2.05, 4.69) is 34.1 Å². The van der Waals surface area contributed by atoms with Crippen molar-refractivity contribution in [3.05, 3.63) is 89.1 Å². The predicted molar refractivity (Wildman–Crippen MR) is 138 cm³/mol. The van der Waals surface area contributed by atoms with Crippen LogP contribution in [-0.4, -0.2) is 50.3 Å². The van der Waals surface area contributed by atoms with Gasteiger partial charge in [-0.3, -0.25) is 9.69 Å². The number of hydrogen-bond acceptors (Lipinski definition) is 6. The lowest BCUT2D eigenvalue weighted by atomic mass is 9.87. The second-order valence-corrected chi connectivity index (χ2v) is 8.83. The van der Waals surface area contributed by atoms with E-state index < -0.39 is 6.04 Å². The van der Waals surface area contributed by atoms with Crippen LogP contribution in [0.5, 0.6) is 17.2 Å². The van der Waals surface area contributed by atoms with Crippen molar-refractivity contribution in [2.75, 3.05) is 28.4 Å². The van der Waals surface area contributed by atoms with E-state index in [1.807, 2.05) is 42.5 Å². The maximum absolute atomic E-state index is 13.2. The van der Waals surface area contributed by atoms with E-state index in [0.29, 0.717) is 30.2 Å². The van der Waals surface area contributed by atoms with Crippen LogP contribution in [0.25, 0.3) is 10.9 Å². The number of nitrogens with zero attached hydrogens (tertiary/aromatic N) is 1. The number of rotatable bonds is 7. The third-order valence-corrected chi connectivity index (χ3v) is 6.93. The number of H-pyrrole nitrogens is 1. The Morgan fingerprint density at radius 2 is 1.58 bits per heavy atom. The molecule has 2 atom stereocenters. The molecule has 186 valence electrons. The molecule has 7 nitrogen and oxygen atoms in total. The normalized spacial score (nSPS) is 17.4. The molecule has 1 N–H and O–H groups in total. The quantitative estimate of drug-likeness (QED) is 0.375. The molecule has 1 aliphatic rings. The lowest BCUT2D eigenvalue weighted by Crippen LogP contribution is -2.48. The molecule has 0 fully saturated rings. The van der Waals surface area contributed by atoms with Gasteiger partial charge in [0.1, 0.15) is 6.04 Å². The largest absolute Gasteiger partial charge is 0.493 e. The van der Waals surface area contributed by atoms with Gasteiger partial charge in [-0.15, -0.1) is 0 Å². The zero-order chi connectivity index (χ0) is 25.2. The SMILES string of the molecule is COC(=O)[C@H]1Cc2c([nH]c3ccccc23)[C@@H](c2cc(OC)c(OC)c(OC)c2)N1Cc1ccccc1. The van der Waals surface area contributed by atoms with Crippen molar-refractivity contribution in [2.24, 2.45) is 0 Å². The Hall–Kier alpha value is -3.97. The molecular formula is C29H30N2O5. The standard InChI is InChI=1S/C29H30N2O5/c1-33-24-14-19(15-25(34-2)28(24)35-3)27-26-21(20-12-8-9-13-22(20)30-26)16-23(29(32)36-4)31(27)17-18-10-6-5-7-11-18/h5-15,23,27,30H,16-17H2,1-4H3/t23-,27-/m1/s1. The second-order valence-electron chi connectivity index (χ2n) is 8.83. The highest BCUT2D eigenvalue weighted by molar-refractivity contribution is 5.87.